The van der Waals surface area contributed by atoms with Crippen molar-refractivity contribution in [2.24, 2.45) is 0 Å². The first-order chi connectivity index (χ1) is 10.6. The van der Waals surface area contributed by atoms with Crippen LogP contribution in [0.2, 0.25) is 0 Å². The Balaban J connectivity index is 1.80. The number of fused-ring (bicyclic) bond motifs is 1. The standard InChI is InChI=1S/C15H13N3O4/c19-12-6-5-9(7-13(12)20)8-16-15(22)18-14(21)10-3-1-2-4-11(10)17-18/h1-7,17,19-20H,8H2,(H,16,22). The number of nitrogens with one attached hydrogen (secondary N) is 2. The number of rotatable bonds is 2. The van der Waals surface area contributed by atoms with Crippen LogP contribution in [-0.4, -0.2) is 26.0 Å². The second-order valence-corrected chi connectivity index (χ2v) is 4.78. The molecular formula is C15H13N3O4. The Hall–Kier alpha value is -3.22. The van der Waals surface area contributed by atoms with Crippen LogP contribution in [0.5, 0.6) is 11.5 Å². The van der Waals surface area contributed by atoms with E-state index in [1.807, 2.05) is 0 Å². The fourth-order valence-corrected chi connectivity index (χ4v) is 2.14. The van der Waals surface area contributed by atoms with Crippen LogP contribution in [-0.2, 0) is 6.54 Å². The number of hydrogen-bond acceptors (Lipinski definition) is 4. The van der Waals surface area contributed by atoms with Gasteiger partial charge in [-0.25, -0.2) is 4.79 Å². The fourth-order valence-electron chi connectivity index (χ4n) is 2.14. The van der Waals surface area contributed by atoms with Gasteiger partial charge in [0, 0.05) is 6.54 Å². The van der Waals surface area contributed by atoms with Crippen molar-refractivity contribution < 1.29 is 15.0 Å². The number of H-pyrrole nitrogens is 1. The van der Waals surface area contributed by atoms with Crippen molar-refractivity contribution in [1.82, 2.24) is 15.1 Å². The summed E-state index contributed by atoms with van der Waals surface area (Å²) in [6, 6.07) is 10.4. The number of para-hydroxylation sites is 1. The SMILES string of the molecule is O=C(NCc1ccc(O)c(O)c1)n1[nH]c2ccccc2c1=O. The molecule has 0 saturated heterocycles. The van der Waals surface area contributed by atoms with Crippen LogP contribution in [0.25, 0.3) is 10.9 Å². The van der Waals surface area contributed by atoms with Gasteiger partial charge in [-0.2, -0.15) is 4.68 Å². The first-order valence-electron chi connectivity index (χ1n) is 6.55. The van der Waals surface area contributed by atoms with Gasteiger partial charge >= 0.3 is 6.03 Å². The van der Waals surface area contributed by atoms with Crippen LogP contribution < -0.4 is 10.9 Å². The number of phenolic OH excluding ortho intramolecular Hbond substituents is 2. The molecule has 112 valence electrons. The lowest BCUT2D eigenvalue weighted by atomic mass is 10.2. The Morgan fingerprint density at radius 1 is 1.14 bits per heavy atom. The number of carbonyl (C=O) groups excluding carboxylic acids is 1. The summed E-state index contributed by atoms with van der Waals surface area (Å²) in [5, 5.41) is 24.3. The Morgan fingerprint density at radius 3 is 2.64 bits per heavy atom. The van der Waals surface area contributed by atoms with Gasteiger partial charge in [0.05, 0.1) is 10.9 Å². The Bertz CT molecular complexity index is 911. The maximum absolute atomic E-state index is 12.1. The molecule has 0 aliphatic rings. The fraction of sp³-hybridized carbons (Fsp3) is 0.0667. The zero-order chi connectivity index (χ0) is 15.7. The van der Waals surface area contributed by atoms with Gasteiger partial charge in [-0.1, -0.05) is 18.2 Å². The Labute approximate surface area is 124 Å². The average molecular weight is 299 g/mol. The van der Waals surface area contributed by atoms with E-state index in [1.165, 1.54) is 12.1 Å². The van der Waals surface area contributed by atoms with E-state index >= 15 is 0 Å². The molecule has 3 rings (SSSR count). The minimum absolute atomic E-state index is 0.106. The normalized spacial score (nSPS) is 10.7. The van der Waals surface area contributed by atoms with E-state index < -0.39 is 11.6 Å². The van der Waals surface area contributed by atoms with Gasteiger partial charge in [-0.05, 0) is 29.8 Å². The van der Waals surface area contributed by atoms with Crippen molar-refractivity contribution >= 4 is 16.9 Å². The van der Waals surface area contributed by atoms with Crippen molar-refractivity contribution in [3.05, 3.63) is 58.4 Å². The summed E-state index contributed by atoms with van der Waals surface area (Å²) in [6.07, 6.45) is 0. The second-order valence-electron chi connectivity index (χ2n) is 4.78. The lowest BCUT2D eigenvalue weighted by Crippen LogP contribution is -2.34. The number of amides is 1. The maximum Gasteiger partial charge on any atom is 0.343 e. The van der Waals surface area contributed by atoms with Crippen LogP contribution in [0.1, 0.15) is 5.56 Å². The van der Waals surface area contributed by atoms with Gasteiger partial charge < -0.3 is 15.5 Å². The van der Waals surface area contributed by atoms with E-state index in [9.17, 15) is 19.8 Å². The first-order valence-corrected chi connectivity index (χ1v) is 6.55. The van der Waals surface area contributed by atoms with E-state index in [2.05, 4.69) is 10.4 Å². The summed E-state index contributed by atoms with van der Waals surface area (Å²) in [6.45, 7) is 0.106. The van der Waals surface area contributed by atoms with Crippen molar-refractivity contribution in [2.45, 2.75) is 6.54 Å². The van der Waals surface area contributed by atoms with Crippen molar-refractivity contribution in [3.63, 3.8) is 0 Å². The summed E-state index contributed by atoms with van der Waals surface area (Å²) < 4.78 is 0.894. The molecule has 1 aromatic heterocycles. The van der Waals surface area contributed by atoms with E-state index in [0.29, 0.717) is 16.5 Å². The van der Waals surface area contributed by atoms with Gasteiger partial charge in [0.1, 0.15) is 0 Å². The van der Waals surface area contributed by atoms with Gasteiger partial charge in [0.25, 0.3) is 5.56 Å². The van der Waals surface area contributed by atoms with Gasteiger partial charge in [0.2, 0.25) is 0 Å². The smallest absolute Gasteiger partial charge is 0.343 e. The number of aromatic hydroxyl groups is 2. The summed E-state index contributed by atoms with van der Waals surface area (Å²) >= 11 is 0. The molecule has 4 N–H and O–H groups in total. The maximum atomic E-state index is 12.1. The number of aromatic amines is 1. The number of hydrogen-bond donors (Lipinski definition) is 4. The molecule has 1 amide bonds. The van der Waals surface area contributed by atoms with Crippen LogP contribution in [0.4, 0.5) is 4.79 Å². The molecule has 3 aromatic rings. The minimum atomic E-state index is -0.603. The molecule has 22 heavy (non-hydrogen) atoms. The highest BCUT2D eigenvalue weighted by Gasteiger charge is 2.12. The molecule has 0 radical (unpaired) electrons. The summed E-state index contributed by atoms with van der Waals surface area (Å²) in [7, 11) is 0. The molecule has 0 saturated carbocycles. The molecule has 0 bridgehead atoms. The molecule has 0 fully saturated rings. The molecular weight excluding hydrogens is 286 g/mol. The molecule has 0 atom stereocenters. The summed E-state index contributed by atoms with van der Waals surface area (Å²) in [5.74, 6) is -0.503. The molecule has 7 nitrogen and oxygen atoms in total. The number of aromatic nitrogens is 2. The minimum Gasteiger partial charge on any atom is -0.504 e. The van der Waals surface area contributed by atoms with Crippen LogP contribution >= 0.6 is 0 Å². The van der Waals surface area contributed by atoms with E-state index in [0.717, 1.165) is 4.68 Å². The van der Waals surface area contributed by atoms with Gasteiger partial charge in [0.15, 0.2) is 11.5 Å². The third-order valence-electron chi connectivity index (χ3n) is 3.28. The third kappa shape index (κ3) is 2.39. The molecule has 2 aromatic carbocycles. The predicted molar refractivity (Wildman–Crippen MR) is 80.0 cm³/mol. The number of phenols is 2. The average Bonchev–Trinajstić information content (AvgIpc) is 2.86. The zero-order valence-electron chi connectivity index (χ0n) is 11.4. The van der Waals surface area contributed by atoms with Crippen LogP contribution in [0, 0.1) is 0 Å². The van der Waals surface area contributed by atoms with Crippen molar-refractivity contribution in [3.8, 4) is 11.5 Å². The van der Waals surface area contributed by atoms with E-state index in [4.69, 9.17) is 0 Å². The van der Waals surface area contributed by atoms with Crippen molar-refractivity contribution in [1.29, 1.82) is 0 Å². The lowest BCUT2D eigenvalue weighted by Gasteiger charge is -2.06. The van der Waals surface area contributed by atoms with Crippen LogP contribution in [0.15, 0.2) is 47.3 Å². The molecule has 0 unspecified atom stereocenters. The Kier molecular flexibility index (Phi) is 3.30. The molecule has 7 heteroatoms. The van der Waals surface area contributed by atoms with Crippen molar-refractivity contribution in [2.75, 3.05) is 0 Å². The van der Waals surface area contributed by atoms with Crippen LogP contribution in [0.3, 0.4) is 0 Å². The highest BCUT2D eigenvalue weighted by atomic mass is 16.3. The lowest BCUT2D eigenvalue weighted by molar-refractivity contribution is 0.238. The van der Waals surface area contributed by atoms with E-state index in [1.54, 1.807) is 30.3 Å². The zero-order valence-corrected chi connectivity index (χ0v) is 11.4. The first kappa shape index (κ1) is 13.7. The third-order valence-corrected chi connectivity index (χ3v) is 3.28. The molecule has 0 aliphatic carbocycles. The number of benzene rings is 2. The highest BCUT2D eigenvalue weighted by molar-refractivity contribution is 5.84. The molecule has 1 heterocycles. The van der Waals surface area contributed by atoms with E-state index in [-0.39, 0.29) is 18.0 Å². The quantitative estimate of drug-likeness (QED) is 0.538. The second kappa shape index (κ2) is 5.28. The number of nitrogens with zero attached hydrogens (tertiary/aromatic N) is 1. The highest BCUT2D eigenvalue weighted by Crippen LogP contribution is 2.24. The largest absolute Gasteiger partial charge is 0.504 e. The number of carbonyl (C=O) groups is 1. The van der Waals surface area contributed by atoms with Gasteiger partial charge in [-0.15, -0.1) is 0 Å². The monoisotopic (exact) mass is 299 g/mol. The topological polar surface area (TPSA) is 107 Å². The molecule has 0 spiro atoms. The summed E-state index contributed by atoms with van der Waals surface area (Å²) in [5.41, 5.74) is 0.736. The Morgan fingerprint density at radius 2 is 1.91 bits per heavy atom. The van der Waals surface area contributed by atoms with Gasteiger partial charge in [-0.3, -0.25) is 9.89 Å². The molecule has 0 aliphatic heterocycles. The predicted octanol–water partition coefficient (Wildman–Crippen LogP) is 1.50. The summed E-state index contributed by atoms with van der Waals surface area (Å²) in [4.78, 5) is 24.1.